The third kappa shape index (κ3) is 3.70. The zero-order chi connectivity index (χ0) is 18.7. The van der Waals surface area contributed by atoms with E-state index >= 15 is 0 Å². The number of carbonyl (C=O) groups is 2. The van der Waals surface area contributed by atoms with Crippen molar-refractivity contribution in [3.63, 3.8) is 0 Å². The first-order valence-corrected chi connectivity index (χ1v) is 8.72. The van der Waals surface area contributed by atoms with Crippen molar-refractivity contribution in [1.82, 2.24) is 5.48 Å². The third-order valence-corrected chi connectivity index (χ3v) is 4.64. The minimum Gasteiger partial charge on any atom is -0.374 e. The van der Waals surface area contributed by atoms with E-state index in [2.05, 4.69) is 31.3 Å². The Bertz CT molecular complexity index is 802. The van der Waals surface area contributed by atoms with E-state index in [0.29, 0.717) is 24.4 Å². The van der Waals surface area contributed by atoms with E-state index in [1.807, 2.05) is 17.0 Å². The van der Waals surface area contributed by atoms with Crippen LogP contribution in [-0.2, 0) is 4.79 Å². The van der Waals surface area contributed by atoms with Gasteiger partial charge in [-0.3, -0.25) is 14.8 Å². The van der Waals surface area contributed by atoms with Gasteiger partial charge in [-0.1, -0.05) is 26.0 Å². The maximum absolute atomic E-state index is 12.8. The predicted octanol–water partition coefficient (Wildman–Crippen LogP) is 3.15. The molecule has 1 saturated heterocycles. The highest BCUT2D eigenvalue weighted by atomic mass is 16.5. The van der Waals surface area contributed by atoms with Gasteiger partial charge in [0, 0.05) is 23.5 Å². The largest absolute Gasteiger partial charge is 0.374 e. The number of amides is 2. The average molecular weight is 353 g/mol. The van der Waals surface area contributed by atoms with Crippen LogP contribution in [0, 0.1) is 0 Å². The zero-order valence-corrected chi connectivity index (χ0v) is 14.9. The molecule has 3 N–H and O–H groups in total. The lowest BCUT2D eigenvalue weighted by molar-refractivity contribution is -0.117. The molecule has 2 amide bonds. The molecule has 1 heterocycles. The number of hydrogen-bond donors (Lipinski definition) is 3. The first-order valence-electron chi connectivity index (χ1n) is 8.72. The van der Waals surface area contributed by atoms with Crippen molar-refractivity contribution < 1.29 is 14.8 Å². The standard InChI is InChI=1S/C20H23N3O3/c1-13(2)15-4-3-5-17(12-15)23-11-10-18(20(23)25)21-16-8-6-14(7-9-16)19(24)22-26/h3-9,12-13,18,21,26H,10-11H2,1-2H3,(H,22,24). The smallest absolute Gasteiger partial charge is 0.274 e. The highest BCUT2D eigenvalue weighted by Gasteiger charge is 2.32. The summed E-state index contributed by atoms with van der Waals surface area (Å²) in [6, 6.07) is 14.4. The Kier molecular flexibility index (Phi) is 5.23. The lowest BCUT2D eigenvalue weighted by atomic mass is 10.0. The van der Waals surface area contributed by atoms with Gasteiger partial charge in [0.15, 0.2) is 0 Å². The molecule has 2 aromatic carbocycles. The SMILES string of the molecule is CC(C)c1cccc(N2CCC(Nc3ccc(C(=O)NO)cc3)C2=O)c1. The summed E-state index contributed by atoms with van der Waals surface area (Å²) >= 11 is 0. The normalized spacial score (nSPS) is 16.8. The van der Waals surface area contributed by atoms with Crippen LogP contribution in [0.15, 0.2) is 48.5 Å². The van der Waals surface area contributed by atoms with Gasteiger partial charge >= 0.3 is 0 Å². The van der Waals surface area contributed by atoms with Crippen molar-refractivity contribution in [2.75, 3.05) is 16.8 Å². The molecule has 136 valence electrons. The van der Waals surface area contributed by atoms with Gasteiger partial charge < -0.3 is 10.2 Å². The Hall–Kier alpha value is -2.86. The molecule has 6 nitrogen and oxygen atoms in total. The van der Waals surface area contributed by atoms with Gasteiger partial charge in [0.2, 0.25) is 5.91 Å². The lowest BCUT2D eigenvalue weighted by Crippen LogP contribution is -2.33. The number of hydroxylamine groups is 1. The number of carbonyl (C=O) groups excluding carboxylic acids is 2. The lowest BCUT2D eigenvalue weighted by Gasteiger charge is -2.19. The summed E-state index contributed by atoms with van der Waals surface area (Å²) in [6.45, 7) is 4.94. The number of anilines is 2. The summed E-state index contributed by atoms with van der Waals surface area (Å²) in [4.78, 5) is 26.0. The molecule has 1 unspecified atom stereocenters. The quantitative estimate of drug-likeness (QED) is 0.570. The second kappa shape index (κ2) is 7.58. The third-order valence-electron chi connectivity index (χ3n) is 4.64. The highest BCUT2D eigenvalue weighted by Crippen LogP contribution is 2.27. The van der Waals surface area contributed by atoms with E-state index in [0.717, 1.165) is 11.4 Å². The average Bonchev–Trinajstić information content (AvgIpc) is 3.02. The molecule has 1 atom stereocenters. The van der Waals surface area contributed by atoms with Crippen molar-refractivity contribution >= 4 is 23.2 Å². The Morgan fingerprint density at radius 1 is 1.19 bits per heavy atom. The molecule has 0 aliphatic carbocycles. The first-order chi connectivity index (χ1) is 12.5. The van der Waals surface area contributed by atoms with Crippen molar-refractivity contribution in [2.45, 2.75) is 32.2 Å². The van der Waals surface area contributed by atoms with Gasteiger partial charge in [-0.05, 0) is 54.3 Å². The molecule has 1 aliphatic rings. The van der Waals surface area contributed by atoms with E-state index in [4.69, 9.17) is 5.21 Å². The van der Waals surface area contributed by atoms with Crippen LogP contribution in [0.1, 0.15) is 42.1 Å². The van der Waals surface area contributed by atoms with Crippen LogP contribution in [-0.4, -0.2) is 29.6 Å². The maximum atomic E-state index is 12.8. The molecule has 0 bridgehead atoms. The highest BCUT2D eigenvalue weighted by molar-refractivity contribution is 6.01. The molecule has 0 aromatic heterocycles. The van der Waals surface area contributed by atoms with Crippen molar-refractivity contribution in [1.29, 1.82) is 0 Å². The minimum absolute atomic E-state index is 0.0445. The molecule has 3 rings (SSSR count). The number of benzene rings is 2. The fraction of sp³-hybridized carbons (Fsp3) is 0.300. The second-order valence-electron chi connectivity index (χ2n) is 6.74. The second-order valence-corrected chi connectivity index (χ2v) is 6.74. The molecule has 2 aromatic rings. The molecule has 6 heteroatoms. The fourth-order valence-electron chi connectivity index (χ4n) is 3.11. The molecule has 0 saturated carbocycles. The number of hydrogen-bond acceptors (Lipinski definition) is 4. The van der Waals surface area contributed by atoms with Crippen LogP contribution >= 0.6 is 0 Å². The molecule has 0 radical (unpaired) electrons. The van der Waals surface area contributed by atoms with Gasteiger partial charge in [-0.2, -0.15) is 0 Å². The zero-order valence-electron chi connectivity index (χ0n) is 14.9. The van der Waals surface area contributed by atoms with Crippen LogP contribution in [0.3, 0.4) is 0 Å². The van der Waals surface area contributed by atoms with Crippen LogP contribution in [0.25, 0.3) is 0 Å². The van der Waals surface area contributed by atoms with Crippen LogP contribution in [0.4, 0.5) is 11.4 Å². The Morgan fingerprint density at radius 3 is 2.58 bits per heavy atom. The van der Waals surface area contributed by atoms with Gasteiger partial charge in [-0.15, -0.1) is 0 Å². The van der Waals surface area contributed by atoms with Crippen LogP contribution < -0.4 is 15.7 Å². The molecule has 1 aliphatic heterocycles. The number of rotatable bonds is 5. The van der Waals surface area contributed by atoms with E-state index in [-0.39, 0.29) is 11.9 Å². The predicted molar refractivity (Wildman–Crippen MR) is 101 cm³/mol. The summed E-state index contributed by atoms with van der Waals surface area (Å²) in [5, 5.41) is 11.9. The van der Waals surface area contributed by atoms with E-state index in [1.54, 1.807) is 29.7 Å². The Balaban J connectivity index is 1.69. The monoisotopic (exact) mass is 353 g/mol. The van der Waals surface area contributed by atoms with Crippen molar-refractivity contribution in [2.24, 2.45) is 0 Å². The van der Waals surface area contributed by atoms with E-state index in [1.165, 1.54) is 5.56 Å². The molecular weight excluding hydrogens is 330 g/mol. The molecule has 0 spiro atoms. The summed E-state index contributed by atoms with van der Waals surface area (Å²) < 4.78 is 0. The number of nitrogens with one attached hydrogen (secondary N) is 2. The molecule has 1 fully saturated rings. The molecule has 26 heavy (non-hydrogen) atoms. The van der Waals surface area contributed by atoms with Crippen LogP contribution in [0.2, 0.25) is 0 Å². The number of nitrogens with zero attached hydrogens (tertiary/aromatic N) is 1. The fourth-order valence-corrected chi connectivity index (χ4v) is 3.11. The summed E-state index contributed by atoms with van der Waals surface area (Å²) in [5.74, 6) is -0.107. The molecular formula is C20H23N3O3. The van der Waals surface area contributed by atoms with Gasteiger partial charge in [-0.25, -0.2) is 5.48 Å². The Morgan fingerprint density at radius 2 is 1.92 bits per heavy atom. The Labute approximate surface area is 152 Å². The topological polar surface area (TPSA) is 81.7 Å². The van der Waals surface area contributed by atoms with Crippen LogP contribution in [0.5, 0.6) is 0 Å². The summed E-state index contributed by atoms with van der Waals surface area (Å²) in [5.41, 5.74) is 4.85. The van der Waals surface area contributed by atoms with E-state index < -0.39 is 5.91 Å². The van der Waals surface area contributed by atoms with Crippen molar-refractivity contribution in [3.8, 4) is 0 Å². The minimum atomic E-state index is -0.565. The van der Waals surface area contributed by atoms with Gasteiger partial charge in [0.05, 0.1) is 0 Å². The van der Waals surface area contributed by atoms with Gasteiger partial charge in [0.25, 0.3) is 5.91 Å². The van der Waals surface area contributed by atoms with Crippen molar-refractivity contribution in [3.05, 3.63) is 59.7 Å². The maximum Gasteiger partial charge on any atom is 0.274 e. The summed E-state index contributed by atoms with van der Waals surface area (Å²) in [6.07, 6.45) is 0.712. The summed E-state index contributed by atoms with van der Waals surface area (Å²) in [7, 11) is 0. The first kappa shape index (κ1) is 17.9. The van der Waals surface area contributed by atoms with E-state index in [9.17, 15) is 9.59 Å². The van der Waals surface area contributed by atoms with Gasteiger partial charge in [0.1, 0.15) is 6.04 Å².